The minimum atomic E-state index is 0.861. The Bertz CT molecular complexity index is 1180. The summed E-state index contributed by atoms with van der Waals surface area (Å²) in [5.74, 6) is 0.884. The van der Waals surface area contributed by atoms with Crippen molar-refractivity contribution in [1.29, 1.82) is 0 Å². The van der Waals surface area contributed by atoms with Crippen molar-refractivity contribution >= 4 is 27.3 Å². The second-order valence-corrected chi connectivity index (χ2v) is 8.61. The molecular formula is C25H24BrN4O. The zero-order valence-electron chi connectivity index (χ0n) is 17.5. The number of methoxy groups -OCH3 is 1. The molecule has 0 saturated carbocycles. The Morgan fingerprint density at radius 2 is 1.81 bits per heavy atom. The van der Waals surface area contributed by atoms with Crippen LogP contribution in [0.15, 0.2) is 71.3 Å². The fraction of sp³-hybridized carbons (Fsp3) is 0.240. The average molecular weight is 476 g/mol. The van der Waals surface area contributed by atoms with Gasteiger partial charge in [0, 0.05) is 55.0 Å². The molecule has 1 aliphatic heterocycles. The summed E-state index contributed by atoms with van der Waals surface area (Å²) in [6.07, 6.45) is 2.11. The van der Waals surface area contributed by atoms with Gasteiger partial charge in [-0.3, -0.25) is 4.90 Å². The predicted molar refractivity (Wildman–Crippen MR) is 128 cm³/mol. The Balaban J connectivity index is 1.39. The lowest BCUT2D eigenvalue weighted by Gasteiger charge is -2.36. The highest BCUT2D eigenvalue weighted by atomic mass is 79.9. The van der Waals surface area contributed by atoms with Crippen LogP contribution >= 0.6 is 15.9 Å². The normalized spacial score (nSPS) is 14.8. The second-order valence-electron chi connectivity index (χ2n) is 7.69. The summed E-state index contributed by atoms with van der Waals surface area (Å²) in [6, 6.07) is 23.9. The van der Waals surface area contributed by atoms with Crippen LogP contribution in [0.3, 0.4) is 0 Å². The first-order chi connectivity index (χ1) is 15.2. The number of benzene rings is 2. The van der Waals surface area contributed by atoms with Crippen molar-refractivity contribution in [2.24, 2.45) is 0 Å². The molecule has 0 spiro atoms. The predicted octanol–water partition coefficient (Wildman–Crippen LogP) is 4.89. The molecule has 0 amide bonds. The van der Waals surface area contributed by atoms with Crippen LogP contribution in [0.25, 0.3) is 16.9 Å². The van der Waals surface area contributed by atoms with Crippen molar-refractivity contribution in [3.05, 3.63) is 83.1 Å². The molecule has 1 saturated heterocycles. The van der Waals surface area contributed by atoms with E-state index in [1.54, 1.807) is 7.11 Å². The summed E-state index contributed by atoms with van der Waals surface area (Å²) >= 11 is 3.54. The van der Waals surface area contributed by atoms with E-state index in [4.69, 9.17) is 9.72 Å². The van der Waals surface area contributed by atoms with Gasteiger partial charge in [0.2, 0.25) is 0 Å². The maximum Gasteiger partial charge on any atom is 0.142 e. The van der Waals surface area contributed by atoms with Crippen LogP contribution < -0.4 is 9.64 Å². The number of pyridine rings is 1. The van der Waals surface area contributed by atoms with E-state index in [0.29, 0.717) is 0 Å². The van der Waals surface area contributed by atoms with E-state index < -0.39 is 0 Å². The summed E-state index contributed by atoms with van der Waals surface area (Å²) in [7, 11) is 1.72. The Labute approximate surface area is 191 Å². The average Bonchev–Trinajstić information content (AvgIpc) is 3.18. The van der Waals surface area contributed by atoms with Crippen LogP contribution in [0.4, 0.5) is 5.69 Å². The van der Waals surface area contributed by atoms with Gasteiger partial charge in [0.05, 0.1) is 24.2 Å². The molecule has 4 aromatic rings. The quantitative estimate of drug-likeness (QED) is 0.411. The summed E-state index contributed by atoms with van der Waals surface area (Å²) in [6.45, 7) is 4.71. The molecule has 0 N–H and O–H groups in total. The highest BCUT2D eigenvalue weighted by Gasteiger charge is 2.22. The Kier molecular flexibility index (Phi) is 5.66. The van der Waals surface area contributed by atoms with Gasteiger partial charge in [-0.2, -0.15) is 0 Å². The number of hydrogen-bond donors (Lipinski definition) is 0. The van der Waals surface area contributed by atoms with E-state index in [1.807, 2.05) is 24.3 Å². The van der Waals surface area contributed by atoms with Gasteiger partial charge in [0.15, 0.2) is 0 Å². The number of halogens is 1. The van der Waals surface area contributed by atoms with E-state index in [2.05, 4.69) is 78.8 Å². The highest BCUT2D eigenvalue weighted by molar-refractivity contribution is 9.10. The summed E-state index contributed by atoms with van der Waals surface area (Å²) in [4.78, 5) is 9.82. The fourth-order valence-corrected chi connectivity index (χ4v) is 4.47. The molecule has 5 rings (SSSR count). The third-order valence-corrected chi connectivity index (χ3v) is 6.35. The minimum absolute atomic E-state index is 0.861. The van der Waals surface area contributed by atoms with E-state index in [9.17, 15) is 0 Å². The molecule has 0 bridgehead atoms. The maximum atomic E-state index is 5.53. The first kappa shape index (κ1) is 20.1. The number of para-hydroxylation sites is 1. The van der Waals surface area contributed by atoms with E-state index >= 15 is 0 Å². The lowest BCUT2D eigenvalue weighted by Crippen LogP contribution is -2.46. The van der Waals surface area contributed by atoms with Gasteiger partial charge in [-0.25, -0.2) is 4.98 Å². The number of anilines is 1. The monoisotopic (exact) mass is 475 g/mol. The first-order valence-electron chi connectivity index (χ1n) is 10.5. The third-order valence-electron chi connectivity index (χ3n) is 5.83. The van der Waals surface area contributed by atoms with Gasteiger partial charge < -0.3 is 14.0 Å². The van der Waals surface area contributed by atoms with Gasteiger partial charge >= 0.3 is 0 Å². The van der Waals surface area contributed by atoms with Crippen molar-refractivity contribution in [3.8, 4) is 17.0 Å². The van der Waals surface area contributed by atoms with Gasteiger partial charge in [-0.15, -0.1) is 0 Å². The van der Waals surface area contributed by atoms with Crippen molar-refractivity contribution in [2.75, 3.05) is 38.2 Å². The van der Waals surface area contributed by atoms with E-state index in [-0.39, 0.29) is 0 Å². The third kappa shape index (κ3) is 4.05. The topological polar surface area (TPSA) is 33.0 Å². The molecule has 5 nitrogen and oxygen atoms in total. The van der Waals surface area contributed by atoms with Crippen LogP contribution in [0.1, 0.15) is 5.69 Å². The van der Waals surface area contributed by atoms with E-state index in [1.165, 1.54) is 5.69 Å². The van der Waals surface area contributed by atoms with Crippen molar-refractivity contribution < 1.29 is 4.74 Å². The summed E-state index contributed by atoms with van der Waals surface area (Å²) in [5.41, 5.74) is 5.46. The van der Waals surface area contributed by atoms with Crippen molar-refractivity contribution in [3.63, 3.8) is 0 Å². The van der Waals surface area contributed by atoms with Gasteiger partial charge in [-0.1, -0.05) is 46.3 Å². The molecule has 6 heteroatoms. The molecule has 157 valence electrons. The molecule has 0 atom stereocenters. The van der Waals surface area contributed by atoms with E-state index in [0.717, 1.165) is 65.5 Å². The molecule has 0 aliphatic carbocycles. The number of hydrogen-bond acceptors (Lipinski definition) is 4. The Morgan fingerprint density at radius 1 is 1.00 bits per heavy atom. The molecule has 31 heavy (non-hydrogen) atoms. The molecule has 2 aromatic carbocycles. The molecule has 1 aliphatic rings. The number of nitrogens with zero attached hydrogens (tertiary/aromatic N) is 4. The maximum absolute atomic E-state index is 5.53. The number of fused-ring (bicyclic) bond motifs is 1. The van der Waals surface area contributed by atoms with Crippen LogP contribution in [0.2, 0.25) is 0 Å². The number of piperazine rings is 1. The van der Waals surface area contributed by atoms with Crippen molar-refractivity contribution in [2.45, 2.75) is 6.54 Å². The fourth-order valence-electron chi connectivity index (χ4n) is 4.20. The van der Waals surface area contributed by atoms with Crippen LogP contribution in [-0.2, 0) is 6.54 Å². The number of ether oxygens (including phenoxy) is 1. The molecular weight excluding hydrogens is 452 g/mol. The minimum Gasteiger partial charge on any atom is -0.495 e. The smallest absolute Gasteiger partial charge is 0.142 e. The SMILES string of the molecule is COc1ccc[c]c1N1CCN(Cc2c(-c3ccc(Br)cc3)nc3ccccn23)CC1. The van der Waals surface area contributed by atoms with Crippen LogP contribution in [0.5, 0.6) is 5.75 Å². The standard InChI is InChI=1S/C25H24BrN4O/c1-31-23-7-3-2-6-21(23)29-16-14-28(15-17-29)18-22-25(19-9-11-20(26)12-10-19)27-24-8-4-5-13-30(22)24/h2-5,7-13H,14-18H2,1H3. The number of imidazole rings is 1. The Hall–Kier alpha value is -2.83. The van der Waals surface area contributed by atoms with Crippen molar-refractivity contribution in [1.82, 2.24) is 14.3 Å². The molecule has 3 heterocycles. The lowest BCUT2D eigenvalue weighted by atomic mass is 10.1. The Morgan fingerprint density at radius 3 is 2.58 bits per heavy atom. The molecule has 1 fully saturated rings. The van der Waals surface area contributed by atoms with Crippen LogP contribution in [-0.4, -0.2) is 47.6 Å². The zero-order valence-corrected chi connectivity index (χ0v) is 19.0. The zero-order chi connectivity index (χ0) is 21.2. The second kappa shape index (κ2) is 8.73. The van der Waals surface area contributed by atoms with Crippen LogP contribution in [0, 0.1) is 6.07 Å². The molecule has 2 aromatic heterocycles. The van der Waals surface area contributed by atoms with Gasteiger partial charge in [0.25, 0.3) is 0 Å². The van der Waals surface area contributed by atoms with Gasteiger partial charge in [-0.05, 0) is 30.3 Å². The number of aromatic nitrogens is 2. The molecule has 1 radical (unpaired) electrons. The summed E-state index contributed by atoms with van der Waals surface area (Å²) < 4.78 is 8.83. The first-order valence-corrected chi connectivity index (χ1v) is 11.3. The van der Waals surface area contributed by atoms with Gasteiger partial charge in [0.1, 0.15) is 11.4 Å². The molecule has 0 unspecified atom stereocenters. The largest absolute Gasteiger partial charge is 0.495 e. The summed E-state index contributed by atoms with van der Waals surface area (Å²) in [5, 5.41) is 0. The highest BCUT2D eigenvalue weighted by Crippen LogP contribution is 2.30. The lowest BCUT2D eigenvalue weighted by molar-refractivity contribution is 0.246. The number of rotatable bonds is 5.